The number of anilines is 1. The second kappa shape index (κ2) is 8.87. The highest BCUT2D eigenvalue weighted by Crippen LogP contribution is 2.21. The summed E-state index contributed by atoms with van der Waals surface area (Å²) in [5, 5.41) is 3.04. The van der Waals surface area contributed by atoms with E-state index in [4.69, 9.17) is 0 Å². The van der Waals surface area contributed by atoms with Crippen LogP contribution in [0, 0.1) is 0 Å². The first kappa shape index (κ1) is 18.5. The molecule has 2 fully saturated rings. The average molecular weight is 359 g/mol. The van der Waals surface area contributed by atoms with Crippen molar-refractivity contribution in [3.05, 3.63) is 23.9 Å². The van der Waals surface area contributed by atoms with Crippen molar-refractivity contribution in [2.24, 2.45) is 0 Å². The van der Waals surface area contributed by atoms with Crippen molar-refractivity contribution in [2.75, 3.05) is 44.2 Å². The minimum Gasteiger partial charge on any atom is -0.356 e. The summed E-state index contributed by atoms with van der Waals surface area (Å²) in [7, 11) is 0. The molecule has 1 N–H and O–H groups in total. The average Bonchev–Trinajstić information content (AvgIpc) is 2.93. The van der Waals surface area contributed by atoms with Crippen LogP contribution in [-0.4, -0.2) is 66.0 Å². The lowest BCUT2D eigenvalue weighted by atomic mass is 10.1. The number of hydrogen-bond donors (Lipinski definition) is 1. The molecule has 0 spiro atoms. The van der Waals surface area contributed by atoms with Crippen molar-refractivity contribution in [3.63, 3.8) is 0 Å². The topological polar surface area (TPSA) is 68.8 Å². The van der Waals surface area contributed by atoms with Crippen LogP contribution in [0.4, 0.5) is 10.6 Å². The highest BCUT2D eigenvalue weighted by Gasteiger charge is 2.21. The normalized spacial score (nSPS) is 18.4. The van der Waals surface area contributed by atoms with Crippen LogP contribution in [0.3, 0.4) is 0 Å². The zero-order valence-corrected chi connectivity index (χ0v) is 15.6. The lowest BCUT2D eigenvalue weighted by Gasteiger charge is -2.29. The molecule has 0 saturated carbocycles. The van der Waals surface area contributed by atoms with Gasteiger partial charge in [0.15, 0.2) is 0 Å². The zero-order chi connectivity index (χ0) is 18.4. The van der Waals surface area contributed by atoms with Gasteiger partial charge in [-0.25, -0.2) is 9.78 Å². The number of rotatable bonds is 3. The van der Waals surface area contributed by atoms with E-state index in [9.17, 15) is 9.59 Å². The molecule has 3 amide bonds. The number of carbonyl (C=O) groups is 2. The molecule has 2 aliphatic rings. The van der Waals surface area contributed by atoms with Crippen molar-refractivity contribution in [1.29, 1.82) is 0 Å². The summed E-state index contributed by atoms with van der Waals surface area (Å²) in [5.74, 6) is 1.07. The SMILES string of the molecule is CC(=O)N1CCCN(C(=O)NCc2cccnc2N2CCCCC2)CC1. The molecule has 3 rings (SSSR count). The van der Waals surface area contributed by atoms with E-state index in [1.165, 1.54) is 19.3 Å². The van der Waals surface area contributed by atoms with Gasteiger partial charge in [-0.3, -0.25) is 4.79 Å². The van der Waals surface area contributed by atoms with E-state index in [2.05, 4.69) is 15.2 Å². The number of amides is 3. The van der Waals surface area contributed by atoms with Gasteiger partial charge < -0.3 is 20.0 Å². The number of pyridine rings is 1. The summed E-state index contributed by atoms with van der Waals surface area (Å²) in [6.07, 6.45) is 6.31. The van der Waals surface area contributed by atoms with Gasteiger partial charge in [0.25, 0.3) is 0 Å². The largest absolute Gasteiger partial charge is 0.356 e. The minimum atomic E-state index is -0.0659. The Morgan fingerprint density at radius 1 is 1.00 bits per heavy atom. The Morgan fingerprint density at radius 2 is 1.73 bits per heavy atom. The van der Waals surface area contributed by atoms with E-state index in [1.807, 2.05) is 23.2 Å². The maximum Gasteiger partial charge on any atom is 0.317 e. The first-order chi connectivity index (χ1) is 12.6. The van der Waals surface area contributed by atoms with Crippen LogP contribution in [0.1, 0.15) is 38.2 Å². The number of hydrogen-bond acceptors (Lipinski definition) is 4. The molecule has 7 heteroatoms. The molecule has 26 heavy (non-hydrogen) atoms. The lowest BCUT2D eigenvalue weighted by Crippen LogP contribution is -2.42. The van der Waals surface area contributed by atoms with Gasteiger partial charge in [0.2, 0.25) is 5.91 Å². The highest BCUT2D eigenvalue weighted by molar-refractivity contribution is 5.75. The molecule has 0 aromatic carbocycles. The molecule has 0 bridgehead atoms. The molecule has 2 aliphatic heterocycles. The number of nitrogens with zero attached hydrogens (tertiary/aromatic N) is 4. The molecule has 0 unspecified atom stereocenters. The van der Waals surface area contributed by atoms with Crippen LogP contribution in [0.2, 0.25) is 0 Å². The van der Waals surface area contributed by atoms with Crippen LogP contribution >= 0.6 is 0 Å². The van der Waals surface area contributed by atoms with Crippen LogP contribution in [0.5, 0.6) is 0 Å². The van der Waals surface area contributed by atoms with E-state index >= 15 is 0 Å². The van der Waals surface area contributed by atoms with E-state index in [0.717, 1.165) is 37.4 Å². The van der Waals surface area contributed by atoms with Crippen molar-refractivity contribution in [1.82, 2.24) is 20.1 Å². The van der Waals surface area contributed by atoms with Crippen molar-refractivity contribution in [2.45, 2.75) is 39.2 Å². The Balaban J connectivity index is 1.57. The predicted octanol–water partition coefficient (Wildman–Crippen LogP) is 1.84. The maximum absolute atomic E-state index is 12.6. The van der Waals surface area contributed by atoms with Crippen LogP contribution in [0.15, 0.2) is 18.3 Å². The lowest BCUT2D eigenvalue weighted by molar-refractivity contribution is -0.128. The van der Waals surface area contributed by atoms with E-state index in [1.54, 1.807) is 11.8 Å². The summed E-state index contributed by atoms with van der Waals surface area (Å²) in [5.41, 5.74) is 1.06. The third kappa shape index (κ3) is 4.65. The summed E-state index contributed by atoms with van der Waals surface area (Å²) in [6, 6.07) is 3.90. The van der Waals surface area contributed by atoms with Gasteiger partial charge in [-0.1, -0.05) is 6.07 Å². The zero-order valence-electron chi connectivity index (χ0n) is 15.6. The second-order valence-corrected chi connectivity index (χ2v) is 7.04. The molecular formula is C19H29N5O2. The third-order valence-corrected chi connectivity index (χ3v) is 5.18. The fraction of sp³-hybridized carbons (Fsp3) is 0.632. The van der Waals surface area contributed by atoms with Gasteiger partial charge in [0.1, 0.15) is 5.82 Å². The maximum atomic E-state index is 12.6. The molecule has 1 aromatic heterocycles. The Morgan fingerprint density at radius 3 is 2.50 bits per heavy atom. The molecule has 7 nitrogen and oxygen atoms in total. The van der Waals surface area contributed by atoms with Gasteiger partial charge in [-0.05, 0) is 31.7 Å². The molecule has 0 radical (unpaired) electrons. The van der Waals surface area contributed by atoms with Crippen LogP contribution in [-0.2, 0) is 11.3 Å². The Kier molecular flexibility index (Phi) is 6.30. The summed E-state index contributed by atoms with van der Waals surface area (Å²) in [6.45, 7) is 6.72. The molecule has 3 heterocycles. The Bertz CT molecular complexity index is 630. The Hall–Kier alpha value is -2.31. The van der Waals surface area contributed by atoms with E-state index < -0.39 is 0 Å². The smallest absolute Gasteiger partial charge is 0.317 e. The minimum absolute atomic E-state index is 0.0659. The fourth-order valence-corrected chi connectivity index (χ4v) is 3.68. The number of carbonyl (C=O) groups excluding carboxylic acids is 2. The molecule has 1 aromatic rings. The number of nitrogens with one attached hydrogen (secondary N) is 1. The van der Waals surface area contributed by atoms with Crippen molar-refractivity contribution >= 4 is 17.8 Å². The number of urea groups is 1. The molecule has 2 saturated heterocycles. The first-order valence-electron chi connectivity index (χ1n) is 9.62. The van der Waals surface area contributed by atoms with Gasteiger partial charge in [-0.15, -0.1) is 0 Å². The fourth-order valence-electron chi connectivity index (χ4n) is 3.68. The summed E-state index contributed by atoms with van der Waals surface area (Å²) >= 11 is 0. The third-order valence-electron chi connectivity index (χ3n) is 5.18. The van der Waals surface area contributed by atoms with Gasteiger partial charge in [-0.2, -0.15) is 0 Å². The van der Waals surface area contributed by atoms with Crippen molar-refractivity contribution in [3.8, 4) is 0 Å². The monoisotopic (exact) mass is 359 g/mol. The molecule has 142 valence electrons. The second-order valence-electron chi connectivity index (χ2n) is 7.04. The molecular weight excluding hydrogens is 330 g/mol. The summed E-state index contributed by atoms with van der Waals surface area (Å²) < 4.78 is 0. The van der Waals surface area contributed by atoms with Gasteiger partial charge in [0, 0.05) is 64.5 Å². The van der Waals surface area contributed by atoms with Crippen LogP contribution < -0.4 is 10.2 Å². The predicted molar refractivity (Wildman–Crippen MR) is 101 cm³/mol. The highest BCUT2D eigenvalue weighted by atomic mass is 16.2. The summed E-state index contributed by atoms with van der Waals surface area (Å²) in [4.78, 5) is 34.6. The quantitative estimate of drug-likeness (QED) is 0.894. The van der Waals surface area contributed by atoms with Gasteiger partial charge >= 0.3 is 6.03 Å². The number of piperidine rings is 1. The Labute approximate surface area is 155 Å². The standard InChI is InChI=1S/C19H29N5O2/c1-16(25)22-11-6-12-24(14-13-22)19(26)21-15-17-7-5-8-20-18(17)23-9-3-2-4-10-23/h5,7-8H,2-4,6,9-15H2,1H3,(H,21,26). The van der Waals surface area contributed by atoms with Gasteiger partial charge in [0.05, 0.1) is 0 Å². The molecule has 0 atom stereocenters. The van der Waals surface area contributed by atoms with E-state index in [-0.39, 0.29) is 11.9 Å². The van der Waals surface area contributed by atoms with E-state index in [0.29, 0.717) is 26.2 Å². The van der Waals surface area contributed by atoms with Crippen LogP contribution in [0.25, 0.3) is 0 Å². The number of aromatic nitrogens is 1. The first-order valence-corrected chi connectivity index (χ1v) is 9.62. The van der Waals surface area contributed by atoms with Crippen molar-refractivity contribution < 1.29 is 9.59 Å². The molecule has 0 aliphatic carbocycles.